The summed E-state index contributed by atoms with van der Waals surface area (Å²) in [7, 11) is 0. The number of hydrogen-bond acceptors (Lipinski definition) is 5. The lowest BCUT2D eigenvalue weighted by Gasteiger charge is -2.06. The molecular weight excluding hydrogens is 368 g/mol. The van der Waals surface area contributed by atoms with Crippen LogP contribution in [-0.4, -0.2) is 25.6 Å². The molecule has 2 aromatic carbocycles. The Morgan fingerprint density at radius 3 is 2.71 bits per heavy atom. The van der Waals surface area contributed by atoms with E-state index in [1.807, 2.05) is 30.3 Å². The van der Waals surface area contributed by atoms with Crippen LogP contribution in [0.1, 0.15) is 0 Å². The Hall–Kier alpha value is -3.88. The molecule has 0 saturated carbocycles. The molecule has 0 spiro atoms. The first kappa shape index (κ1) is 17.5. The Bertz CT molecular complexity index is 1120. The third-order valence-electron chi connectivity index (χ3n) is 3.84. The molecule has 7 nitrogen and oxygen atoms in total. The molecule has 2 aromatic heterocycles. The summed E-state index contributed by atoms with van der Waals surface area (Å²) < 4.78 is 32.9. The Labute approximate surface area is 157 Å². The van der Waals surface area contributed by atoms with Crippen molar-refractivity contribution in [2.75, 3.05) is 5.32 Å². The van der Waals surface area contributed by atoms with E-state index < -0.39 is 17.5 Å². The first-order valence-corrected chi connectivity index (χ1v) is 8.24. The van der Waals surface area contributed by atoms with Crippen molar-refractivity contribution in [3.8, 4) is 23.0 Å². The molecule has 0 radical (unpaired) electrons. The molecule has 0 atom stereocenters. The number of carbonyl (C=O) groups is 1. The molecule has 1 amide bonds. The van der Waals surface area contributed by atoms with Gasteiger partial charge in [-0.2, -0.15) is 4.98 Å². The van der Waals surface area contributed by atoms with E-state index in [1.54, 1.807) is 6.20 Å². The largest absolute Gasteiger partial charge is 0.334 e. The van der Waals surface area contributed by atoms with Crippen molar-refractivity contribution in [2.45, 2.75) is 6.54 Å². The van der Waals surface area contributed by atoms with E-state index in [0.29, 0.717) is 17.4 Å². The van der Waals surface area contributed by atoms with Gasteiger partial charge in [-0.3, -0.25) is 4.79 Å². The molecule has 0 unspecified atom stereocenters. The molecule has 28 heavy (non-hydrogen) atoms. The van der Waals surface area contributed by atoms with Crippen LogP contribution in [0.4, 0.5) is 14.5 Å². The van der Waals surface area contributed by atoms with Gasteiger partial charge in [-0.25, -0.2) is 13.8 Å². The fraction of sp³-hybridized carbons (Fsp3) is 0.0526. The Morgan fingerprint density at radius 1 is 1.11 bits per heavy atom. The van der Waals surface area contributed by atoms with Gasteiger partial charge < -0.3 is 14.4 Å². The van der Waals surface area contributed by atoms with Crippen molar-refractivity contribution in [1.82, 2.24) is 19.7 Å². The number of halogens is 2. The maximum atomic E-state index is 13.2. The van der Waals surface area contributed by atoms with E-state index >= 15 is 0 Å². The molecule has 0 aliphatic heterocycles. The maximum Gasteiger partial charge on any atom is 0.258 e. The molecule has 0 saturated heterocycles. The van der Waals surface area contributed by atoms with E-state index in [4.69, 9.17) is 4.52 Å². The summed E-state index contributed by atoms with van der Waals surface area (Å²) in [5.74, 6) is -1.78. The molecule has 2 heterocycles. The summed E-state index contributed by atoms with van der Waals surface area (Å²) in [6, 6.07) is 12.4. The fourth-order valence-electron chi connectivity index (χ4n) is 2.53. The van der Waals surface area contributed by atoms with Crippen LogP contribution in [0.3, 0.4) is 0 Å². The molecule has 0 aliphatic carbocycles. The number of benzene rings is 2. The second-order valence-corrected chi connectivity index (χ2v) is 5.90. The van der Waals surface area contributed by atoms with Crippen LogP contribution >= 0.6 is 0 Å². The lowest BCUT2D eigenvalue weighted by atomic mass is 10.2. The van der Waals surface area contributed by atoms with Crippen LogP contribution in [0, 0.1) is 11.6 Å². The average molecular weight is 381 g/mol. The van der Waals surface area contributed by atoms with Crippen LogP contribution in [0.2, 0.25) is 0 Å². The van der Waals surface area contributed by atoms with Crippen molar-refractivity contribution in [2.24, 2.45) is 0 Å². The maximum absolute atomic E-state index is 13.2. The minimum atomic E-state index is -1.03. The number of aromatic nitrogens is 4. The Morgan fingerprint density at radius 2 is 1.93 bits per heavy atom. The van der Waals surface area contributed by atoms with Crippen LogP contribution in [0.25, 0.3) is 23.0 Å². The number of nitrogens with one attached hydrogen (secondary N) is 1. The summed E-state index contributed by atoms with van der Waals surface area (Å²) in [5, 5.41) is 6.39. The van der Waals surface area contributed by atoms with Crippen LogP contribution in [-0.2, 0) is 11.3 Å². The molecule has 1 N–H and O–H groups in total. The van der Waals surface area contributed by atoms with Gasteiger partial charge in [-0.1, -0.05) is 23.4 Å². The number of nitrogens with zero attached hydrogens (tertiary/aromatic N) is 4. The molecule has 4 rings (SSSR count). The highest BCUT2D eigenvalue weighted by Crippen LogP contribution is 2.20. The van der Waals surface area contributed by atoms with Gasteiger partial charge in [0.15, 0.2) is 11.6 Å². The highest BCUT2D eigenvalue weighted by molar-refractivity contribution is 5.90. The fourth-order valence-corrected chi connectivity index (χ4v) is 2.53. The van der Waals surface area contributed by atoms with Crippen molar-refractivity contribution < 1.29 is 18.1 Å². The van der Waals surface area contributed by atoms with E-state index in [9.17, 15) is 13.6 Å². The van der Waals surface area contributed by atoms with Crippen LogP contribution < -0.4 is 5.32 Å². The molecule has 9 heteroatoms. The summed E-state index contributed by atoms with van der Waals surface area (Å²) >= 11 is 0. The number of carbonyl (C=O) groups excluding carboxylic acids is 1. The second-order valence-electron chi connectivity index (χ2n) is 5.90. The standard InChI is InChI=1S/C19H13F2N5O2/c20-14-7-6-13(8-15(14)21)23-17(27)10-26-9-16(22-11-26)18-24-19(28-25-18)12-4-2-1-3-5-12/h1-9,11H,10H2,(H,23,27). The smallest absolute Gasteiger partial charge is 0.258 e. The number of rotatable bonds is 5. The highest BCUT2D eigenvalue weighted by Gasteiger charge is 2.14. The normalized spacial score (nSPS) is 10.8. The van der Waals surface area contributed by atoms with Crippen molar-refractivity contribution >= 4 is 11.6 Å². The van der Waals surface area contributed by atoms with Crippen molar-refractivity contribution in [3.05, 3.63) is 72.7 Å². The number of anilines is 1. The van der Waals surface area contributed by atoms with Gasteiger partial charge in [-0.05, 0) is 24.3 Å². The number of hydrogen-bond donors (Lipinski definition) is 1. The lowest BCUT2D eigenvalue weighted by Crippen LogP contribution is -2.18. The topological polar surface area (TPSA) is 85.8 Å². The molecule has 0 fully saturated rings. The minimum absolute atomic E-state index is 0.0740. The highest BCUT2D eigenvalue weighted by atomic mass is 19.2. The van der Waals surface area contributed by atoms with Crippen molar-refractivity contribution in [1.29, 1.82) is 0 Å². The Kier molecular flexibility index (Phi) is 4.63. The van der Waals surface area contributed by atoms with Gasteiger partial charge in [0.05, 0.1) is 6.33 Å². The molecule has 0 bridgehead atoms. The molecule has 4 aromatic rings. The quantitative estimate of drug-likeness (QED) is 0.572. The number of imidazole rings is 1. The SMILES string of the molecule is O=C(Cn1cnc(-c2noc(-c3ccccc3)n2)c1)Nc1ccc(F)c(F)c1. The predicted octanol–water partition coefficient (Wildman–Crippen LogP) is 3.52. The van der Waals surface area contributed by atoms with Crippen LogP contribution in [0.5, 0.6) is 0 Å². The van der Waals surface area contributed by atoms with Gasteiger partial charge in [-0.15, -0.1) is 0 Å². The van der Waals surface area contributed by atoms with E-state index in [-0.39, 0.29) is 12.2 Å². The zero-order valence-electron chi connectivity index (χ0n) is 14.3. The minimum Gasteiger partial charge on any atom is -0.334 e. The van der Waals surface area contributed by atoms with Gasteiger partial charge in [0, 0.05) is 23.5 Å². The monoisotopic (exact) mass is 381 g/mol. The Balaban J connectivity index is 1.44. The summed E-state index contributed by atoms with van der Waals surface area (Å²) in [6.07, 6.45) is 3.03. The third-order valence-corrected chi connectivity index (χ3v) is 3.84. The van der Waals surface area contributed by atoms with Crippen LogP contribution in [0.15, 0.2) is 65.6 Å². The van der Waals surface area contributed by atoms with Gasteiger partial charge in [0.1, 0.15) is 12.2 Å². The zero-order chi connectivity index (χ0) is 19.5. The number of amides is 1. The van der Waals surface area contributed by atoms with E-state index in [2.05, 4.69) is 20.4 Å². The first-order chi connectivity index (χ1) is 13.6. The lowest BCUT2D eigenvalue weighted by molar-refractivity contribution is -0.116. The van der Waals surface area contributed by atoms with Crippen molar-refractivity contribution in [3.63, 3.8) is 0 Å². The summed E-state index contributed by atoms with van der Waals surface area (Å²) in [6.45, 7) is -0.0740. The van der Waals surface area contributed by atoms with Gasteiger partial charge in [0.25, 0.3) is 5.89 Å². The molecular formula is C19H13F2N5O2. The van der Waals surface area contributed by atoms with Gasteiger partial charge in [0.2, 0.25) is 11.7 Å². The summed E-state index contributed by atoms with van der Waals surface area (Å²) in [5.41, 5.74) is 1.38. The second kappa shape index (κ2) is 7.39. The van der Waals surface area contributed by atoms with E-state index in [0.717, 1.165) is 17.7 Å². The molecule has 0 aliphatic rings. The zero-order valence-corrected chi connectivity index (χ0v) is 14.3. The predicted molar refractivity (Wildman–Crippen MR) is 95.9 cm³/mol. The van der Waals surface area contributed by atoms with E-state index in [1.165, 1.54) is 17.0 Å². The summed E-state index contributed by atoms with van der Waals surface area (Å²) in [4.78, 5) is 20.6. The first-order valence-electron chi connectivity index (χ1n) is 8.24. The molecule has 140 valence electrons. The third kappa shape index (κ3) is 3.78. The average Bonchev–Trinajstić information content (AvgIpc) is 3.35. The van der Waals surface area contributed by atoms with Gasteiger partial charge >= 0.3 is 0 Å².